The zero-order valence-electron chi connectivity index (χ0n) is 40.1. The Labute approximate surface area is 427 Å². The lowest BCUT2D eigenvalue weighted by molar-refractivity contribution is 0.793. The lowest BCUT2D eigenvalue weighted by Crippen LogP contribution is -2.26. The molecule has 0 saturated heterocycles. The van der Waals surface area contributed by atoms with Crippen LogP contribution in [-0.4, -0.2) is 0 Å². The van der Waals surface area contributed by atoms with Crippen molar-refractivity contribution in [3.63, 3.8) is 0 Å². The molecular formula is C71H48N2. The summed E-state index contributed by atoms with van der Waals surface area (Å²) in [5, 5.41) is 2.42. The quantitative estimate of drug-likeness (QED) is 0.142. The van der Waals surface area contributed by atoms with E-state index in [1.165, 1.54) is 88.7 Å². The number of hydrogen-bond donors (Lipinski definition) is 0. The molecule has 0 amide bonds. The normalized spacial score (nSPS) is 13.8. The van der Waals surface area contributed by atoms with Gasteiger partial charge in [-0.15, -0.1) is 0 Å². The maximum absolute atomic E-state index is 2.51. The zero-order chi connectivity index (χ0) is 48.3. The molecule has 0 aromatic heterocycles. The minimum Gasteiger partial charge on any atom is -0.310 e. The van der Waals surface area contributed by atoms with Crippen molar-refractivity contribution >= 4 is 44.9 Å². The number of nitrogens with zero attached hydrogens (tertiary/aromatic N) is 2. The third kappa shape index (κ3) is 6.87. The summed E-state index contributed by atoms with van der Waals surface area (Å²) < 4.78 is 0. The Bertz CT molecular complexity index is 3990. The van der Waals surface area contributed by atoms with E-state index in [9.17, 15) is 0 Å². The number of fused-ring (bicyclic) bond motifs is 11. The largest absolute Gasteiger partial charge is 0.310 e. The lowest BCUT2D eigenvalue weighted by atomic mass is 9.70. The topological polar surface area (TPSA) is 6.48 Å². The molecule has 1 atom stereocenters. The Morgan fingerprint density at radius 2 is 0.616 bits per heavy atom. The van der Waals surface area contributed by atoms with Gasteiger partial charge in [0.05, 0.1) is 11.1 Å². The fourth-order valence-corrected chi connectivity index (χ4v) is 12.1. The van der Waals surface area contributed by atoms with Gasteiger partial charge in [-0.2, -0.15) is 0 Å². The molecule has 0 heterocycles. The summed E-state index contributed by atoms with van der Waals surface area (Å²) in [7, 11) is 0. The van der Waals surface area contributed by atoms with Crippen LogP contribution in [0.2, 0.25) is 0 Å². The first-order chi connectivity index (χ1) is 36.2. The molecule has 2 nitrogen and oxygen atoms in total. The number of anilines is 6. The number of para-hydroxylation sites is 2. The van der Waals surface area contributed by atoms with Crippen LogP contribution in [-0.2, 0) is 5.41 Å². The fourth-order valence-electron chi connectivity index (χ4n) is 12.1. The summed E-state index contributed by atoms with van der Waals surface area (Å²) in [6.07, 6.45) is 0. The summed E-state index contributed by atoms with van der Waals surface area (Å²) in [6.45, 7) is 0. The predicted octanol–water partition coefficient (Wildman–Crippen LogP) is 19.1. The Balaban J connectivity index is 0.985. The monoisotopic (exact) mass is 928 g/mol. The van der Waals surface area contributed by atoms with Crippen molar-refractivity contribution in [2.75, 3.05) is 9.80 Å². The standard InChI is InChI=1S/C71H48N2/c1-5-19-49(20-6-1)51-33-35-54(36-34-51)70-60-28-14-13-23-53(60)39-46-69(70)73(56-26-11-4-12-27-56)59-43-45-64-62-30-16-18-32-66(62)71(68(64)48-59)65-31-17-15-29-61(65)63-44-42-58(47-67(63)71)72(55-24-9-3-10-25-55)57-40-37-52(38-41-57)50-21-7-2-8-22-50/h1-48H. The van der Waals surface area contributed by atoms with Gasteiger partial charge in [0, 0.05) is 34.0 Å². The van der Waals surface area contributed by atoms with Crippen LogP contribution in [0.4, 0.5) is 34.1 Å². The van der Waals surface area contributed by atoms with Crippen molar-refractivity contribution in [2.24, 2.45) is 0 Å². The minimum atomic E-state index is -0.606. The van der Waals surface area contributed by atoms with Crippen LogP contribution in [0.5, 0.6) is 0 Å². The fraction of sp³-hybridized carbons (Fsp3) is 0.0141. The third-order valence-electron chi connectivity index (χ3n) is 15.3. The second kappa shape index (κ2) is 17.4. The molecule has 2 aliphatic carbocycles. The van der Waals surface area contributed by atoms with Gasteiger partial charge in [0.2, 0.25) is 0 Å². The van der Waals surface area contributed by atoms with E-state index < -0.39 is 5.41 Å². The smallest absolute Gasteiger partial charge is 0.0727 e. The van der Waals surface area contributed by atoms with Crippen LogP contribution >= 0.6 is 0 Å². The molecule has 0 fully saturated rings. The SMILES string of the molecule is c1ccc(-c2ccc(-c3c(N(c4ccccc4)c4ccc5c(c4)C4(c6ccccc6-c6ccc(N(c7ccccc7)c7ccc(-c8ccccc8)cc7)cc64)c4ccccc4-5)ccc4ccccc34)cc2)cc1. The van der Waals surface area contributed by atoms with E-state index in [4.69, 9.17) is 0 Å². The molecule has 73 heavy (non-hydrogen) atoms. The van der Waals surface area contributed by atoms with E-state index in [2.05, 4.69) is 301 Å². The highest BCUT2D eigenvalue weighted by Crippen LogP contribution is 2.64. The molecule has 12 aromatic carbocycles. The second-order valence-electron chi connectivity index (χ2n) is 19.2. The first kappa shape index (κ1) is 42.4. The zero-order valence-corrected chi connectivity index (χ0v) is 40.1. The highest BCUT2D eigenvalue weighted by Gasteiger charge is 2.52. The average Bonchev–Trinajstić information content (AvgIpc) is 3.94. The maximum atomic E-state index is 2.51. The van der Waals surface area contributed by atoms with Crippen LogP contribution in [0.3, 0.4) is 0 Å². The van der Waals surface area contributed by atoms with Gasteiger partial charge < -0.3 is 9.80 Å². The van der Waals surface area contributed by atoms with Gasteiger partial charge in [0.1, 0.15) is 0 Å². The molecule has 2 heteroatoms. The average molecular weight is 929 g/mol. The number of hydrogen-bond acceptors (Lipinski definition) is 2. The van der Waals surface area contributed by atoms with Gasteiger partial charge in [0.25, 0.3) is 0 Å². The van der Waals surface area contributed by atoms with Crippen LogP contribution in [0, 0.1) is 0 Å². The van der Waals surface area contributed by atoms with Gasteiger partial charge in [-0.3, -0.25) is 0 Å². The molecule has 0 N–H and O–H groups in total. The molecule has 1 spiro atoms. The molecule has 12 aromatic rings. The van der Waals surface area contributed by atoms with Gasteiger partial charge >= 0.3 is 0 Å². The predicted molar refractivity (Wildman–Crippen MR) is 306 cm³/mol. The maximum Gasteiger partial charge on any atom is 0.0727 e. The van der Waals surface area contributed by atoms with E-state index in [0.29, 0.717) is 0 Å². The first-order valence-electron chi connectivity index (χ1n) is 25.2. The Kier molecular flexibility index (Phi) is 10.1. The van der Waals surface area contributed by atoms with E-state index in [-0.39, 0.29) is 0 Å². The van der Waals surface area contributed by atoms with Crippen molar-refractivity contribution in [3.05, 3.63) is 313 Å². The van der Waals surface area contributed by atoms with E-state index >= 15 is 0 Å². The number of rotatable bonds is 9. The van der Waals surface area contributed by atoms with E-state index in [1.54, 1.807) is 0 Å². The molecular weight excluding hydrogens is 881 g/mol. The summed E-state index contributed by atoms with van der Waals surface area (Å²) in [5.74, 6) is 0. The minimum absolute atomic E-state index is 0.606. The molecule has 0 radical (unpaired) electrons. The van der Waals surface area contributed by atoms with Crippen molar-refractivity contribution in [3.8, 4) is 55.6 Å². The Morgan fingerprint density at radius 1 is 0.233 bits per heavy atom. The van der Waals surface area contributed by atoms with Crippen LogP contribution in [0.25, 0.3) is 66.4 Å². The summed E-state index contributed by atoms with van der Waals surface area (Å²) in [4.78, 5) is 4.90. The summed E-state index contributed by atoms with van der Waals surface area (Å²) in [6, 6.07) is 107. The van der Waals surface area contributed by atoms with Gasteiger partial charge in [0.15, 0.2) is 0 Å². The summed E-state index contributed by atoms with van der Waals surface area (Å²) in [5.41, 5.74) is 23.4. The van der Waals surface area contributed by atoms with E-state index in [0.717, 1.165) is 34.1 Å². The Morgan fingerprint density at radius 3 is 1.18 bits per heavy atom. The van der Waals surface area contributed by atoms with Gasteiger partial charge in [-0.1, -0.05) is 224 Å². The molecule has 0 saturated carbocycles. The molecule has 2 aliphatic rings. The van der Waals surface area contributed by atoms with Crippen molar-refractivity contribution in [1.82, 2.24) is 0 Å². The van der Waals surface area contributed by atoms with E-state index in [1.807, 2.05) is 0 Å². The Hall–Kier alpha value is -9.50. The molecule has 342 valence electrons. The number of benzene rings is 12. The van der Waals surface area contributed by atoms with Gasteiger partial charge in [-0.25, -0.2) is 0 Å². The van der Waals surface area contributed by atoms with Crippen molar-refractivity contribution in [2.45, 2.75) is 5.41 Å². The first-order valence-corrected chi connectivity index (χ1v) is 25.2. The molecule has 0 bridgehead atoms. The second-order valence-corrected chi connectivity index (χ2v) is 19.2. The molecule has 1 unspecified atom stereocenters. The molecule has 14 rings (SSSR count). The third-order valence-corrected chi connectivity index (χ3v) is 15.3. The van der Waals surface area contributed by atoms with Crippen LogP contribution in [0.1, 0.15) is 22.3 Å². The van der Waals surface area contributed by atoms with Gasteiger partial charge in [-0.05, 0) is 150 Å². The molecule has 0 aliphatic heterocycles. The highest BCUT2D eigenvalue weighted by atomic mass is 15.1. The lowest BCUT2D eigenvalue weighted by Gasteiger charge is -2.34. The van der Waals surface area contributed by atoms with Crippen molar-refractivity contribution < 1.29 is 0 Å². The van der Waals surface area contributed by atoms with Crippen molar-refractivity contribution in [1.29, 1.82) is 0 Å². The van der Waals surface area contributed by atoms with Crippen LogP contribution < -0.4 is 9.80 Å². The highest BCUT2D eigenvalue weighted by molar-refractivity contribution is 6.06. The summed E-state index contributed by atoms with van der Waals surface area (Å²) >= 11 is 0. The van der Waals surface area contributed by atoms with Crippen LogP contribution in [0.15, 0.2) is 291 Å².